The predicted octanol–water partition coefficient (Wildman–Crippen LogP) is 3.72. The zero-order chi connectivity index (χ0) is 26.7. The Morgan fingerprint density at radius 3 is 2.42 bits per heavy atom. The number of nitrogens with one attached hydrogen (secondary N) is 2. The van der Waals surface area contributed by atoms with Crippen molar-refractivity contribution in [1.29, 1.82) is 0 Å². The number of piperidine rings is 1. The number of hydrogen-bond acceptors (Lipinski definition) is 7. The van der Waals surface area contributed by atoms with Gasteiger partial charge in [-0.05, 0) is 75.2 Å². The monoisotopic (exact) mass is 539 g/mol. The predicted molar refractivity (Wildman–Crippen MR) is 137 cm³/mol. The molecule has 1 saturated heterocycles. The Balaban J connectivity index is 1.59. The number of hydrogen-bond donors (Lipinski definition) is 2. The van der Waals surface area contributed by atoms with Crippen LogP contribution in [-0.2, 0) is 20.2 Å². The molecule has 11 heteroatoms. The lowest BCUT2D eigenvalue weighted by Crippen LogP contribution is -2.67. The van der Waals surface area contributed by atoms with Gasteiger partial charge in [0.1, 0.15) is 23.0 Å². The van der Waals surface area contributed by atoms with Crippen LogP contribution in [0.4, 0.5) is 15.9 Å². The summed E-state index contributed by atoms with van der Waals surface area (Å²) in [5.74, 6) is -1.20. The lowest BCUT2D eigenvalue weighted by molar-refractivity contribution is -0.126. The first-order chi connectivity index (χ1) is 18.2. The smallest absolute Gasteiger partial charge is 0.339 e. The minimum Gasteiger partial charge on any atom is -0.363 e. The second-order valence-corrected chi connectivity index (χ2v) is 12.4. The molecular weight excluding hydrogens is 511 g/mol. The number of amides is 2. The Morgan fingerprint density at radius 1 is 1.11 bits per heavy atom. The molecule has 2 aromatic carbocycles. The average molecular weight is 540 g/mol. The van der Waals surface area contributed by atoms with Crippen molar-refractivity contribution in [3.05, 3.63) is 71.7 Å². The molecule has 2 amide bonds. The maximum absolute atomic E-state index is 14.6. The van der Waals surface area contributed by atoms with Crippen LogP contribution in [0.15, 0.2) is 64.2 Å². The number of sulfonamides is 1. The second kappa shape index (κ2) is 8.82. The van der Waals surface area contributed by atoms with Crippen LogP contribution in [0.2, 0.25) is 0 Å². The fourth-order valence-corrected chi connectivity index (χ4v) is 8.92. The number of fused-ring (bicyclic) bond motifs is 2. The van der Waals surface area contributed by atoms with Gasteiger partial charge in [-0.3, -0.25) is 4.79 Å². The summed E-state index contributed by atoms with van der Waals surface area (Å²) < 4.78 is 46.9. The van der Waals surface area contributed by atoms with Crippen molar-refractivity contribution in [3.8, 4) is 0 Å². The van der Waals surface area contributed by atoms with Crippen molar-refractivity contribution >= 4 is 33.3 Å². The van der Waals surface area contributed by atoms with E-state index in [1.807, 2.05) is 0 Å². The molecule has 3 aliphatic rings. The van der Waals surface area contributed by atoms with E-state index < -0.39 is 43.0 Å². The summed E-state index contributed by atoms with van der Waals surface area (Å²) in [7, 11) is -4.36. The van der Waals surface area contributed by atoms with E-state index in [4.69, 9.17) is 4.52 Å². The van der Waals surface area contributed by atoms with E-state index in [1.165, 1.54) is 31.4 Å². The molecular formula is C27H28FN4O5S+. The third-order valence-electron chi connectivity index (χ3n) is 8.31. The Labute approximate surface area is 219 Å². The Bertz CT molecular complexity index is 1510. The number of rotatable bonds is 5. The van der Waals surface area contributed by atoms with Gasteiger partial charge in [-0.1, -0.05) is 5.16 Å². The van der Waals surface area contributed by atoms with Crippen LogP contribution < -0.4 is 14.5 Å². The molecule has 198 valence electrons. The van der Waals surface area contributed by atoms with Crippen molar-refractivity contribution in [2.75, 3.05) is 18.4 Å². The minimum atomic E-state index is -4.36. The second-order valence-electron chi connectivity index (χ2n) is 10.4. The van der Waals surface area contributed by atoms with Crippen LogP contribution in [0, 0.1) is 11.7 Å². The largest absolute Gasteiger partial charge is 0.363 e. The Hall–Kier alpha value is -3.41. The maximum Gasteiger partial charge on any atom is 0.339 e. The van der Waals surface area contributed by atoms with E-state index in [-0.39, 0.29) is 16.6 Å². The molecule has 38 heavy (non-hydrogen) atoms. The Morgan fingerprint density at radius 2 is 1.82 bits per heavy atom. The topological polar surface area (TPSA) is 118 Å². The molecule has 6 rings (SSSR count). The van der Waals surface area contributed by atoms with E-state index in [9.17, 15) is 22.4 Å². The quantitative estimate of drug-likeness (QED) is 0.475. The van der Waals surface area contributed by atoms with Crippen LogP contribution in [0.1, 0.15) is 48.5 Å². The number of aromatic nitrogens is 1. The highest BCUT2D eigenvalue weighted by molar-refractivity contribution is 7.91. The van der Waals surface area contributed by atoms with Gasteiger partial charge in [0.05, 0.1) is 12.3 Å². The van der Waals surface area contributed by atoms with Crippen LogP contribution >= 0.6 is 0 Å². The molecule has 9 nitrogen and oxygen atoms in total. The summed E-state index contributed by atoms with van der Waals surface area (Å²) in [6.45, 7) is 2.64. The van der Waals surface area contributed by atoms with E-state index in [1.54, 1.807) is 18.2 Å². The van der Waals surface area contributed by atoms with Crippen LogP contribution in [-0.4, -0.2) is 44.5 Å². The van der Waals surface area contributed by atoms with Crippen LogP contribution in [0.25, 0.3) is 0 Å². The van der Waals surface area contributed by atoms with Crippen molar-refractivity contribution in [2.24, 2.45) is 5.92 Å². The zero-order valence-electron chi connectivity index (χ0n) is 20.8. The first kappa shape index (κ1) is 24.9. The summed E-state index contributed by atoms with van der Waals surface area (Å²) in [6.07, 6.45) is 4.24. The normalized spacial score (nSPS) is 24.2. The molecule has 2 atom stereocenters. The maximum atomic E-state index is 14.6. The van der Waals surface area contributed by atoms with Gasteiger partial charge in [0.2, 0.25) is 0 Å². The lowest BCUT2D eigenvalue weighted by Gasteiger charge is -2.43. The first-order valence-corrected chi connectivity index (χ1v) is 14.1. The van der Waals surface area contributed by atoms with E-state index >= 15 is 0 Å². The summed E-state index contributed by atoms with van der Waals surface area (Å²) >= 11 is 0. The summed E-state index contributed by atoms with van der Waals surface area (Å²) in [5.41, 5.74) is 0.787. The molecule has 0 radical (unpaired) electrons. The van der Waals surface area contributed by atoms with E-state index in [0.29, 0.717) is 42.7 Å². The summed E-state index contributed by atoms with van der Waals surface area (Å²) in [6, 6.07) is 10.5. The molecule has 2 aliphatic heterocycles. The van der Waals surface area contributed by atoms with Gasteiger partial charge >= 0.3 is 15.9 Å². The molecule has 2 unspecified atom stereocenters. The molecule has 1 saturated carbocycles. The third-order valence-corrected chi connectivity index (χ3v) is 10.6. The Kier molecular flexibility index (Phi) is 5.78. The van der Waals surface area contributed by atoms with E-state index in [0.717, 1.165) is 25.0 Å². The highest BCUT2D eigenvalue weighted by Gasteiger charge is 2.73. The molecule has 1 aliphatic carbocycles. The van der Waals surface area contributed by atoms with Crippen molar-refractivity contribution in [1.82, 2.24) is 14.4 Å². The molecule has 1 aromatic heterocycles. The molecule has 1 spiro atoms. The van der Waals surface area contributed by atoms with E-state index in [2.05, 4.69) is 15.8 Å². The van der Waals surface area contributed by atoms with Crippen molar-refractivity contribution < 1.29 is 26.9 Å². The van der Waals surface area contributed by atoms with Gasteiger partial charge in [-0.15, -0.1) is 3.89 Å². The van der Waals surface area contributed by atoms with Gasteiger partial charge in [0.15, 0.2) is 11.5 Å². The SMILES string of the molecule is CC(=O)[N+]1(S(=O)(=O)c2ccc(F)cc2)c2ccc(C(=O)Nc3ccon3)cc2C2(CCNCC2)C1C1CC1. The highest BCUT2D eigenvalue weighted by Crippen LogP contribution is 2.62. The molecule has 2 fully saturated rings. The summed E-state index contributed by atoms with van der Waals surface area (Å²) in [5, 5.41) is 9.79. The number of carbonyl (C=O) groups excluding carboxylic acids is 2. The number of benzene rings is 2. The fourth-order valence-electron chi connectivity index (χ4n) is 6.67. The van der Waals surface area contributed by atoms with Gasteiger partial charge in [0, 0.05) is 29.2 Å². The van der Waals surface area contributed by atoms with Crippen molar-refractivity contribution in [3.63, 3.8) is 0 Å². The number of nitrogens with zero attached hydrogens (tertiary/aromatic N) is 2. The fraction of sp³-hybridized carbons (Fsp3) is 0.370. The first-order valence-electron chi connectivity index (χ1n) is 12.7. The number of halogens is 1. The number of carbonyl (C=O) groups is 2. The van der Waals surface area contributed by atoms with Gasteiger partial charge in [-0.2, -0.15) is 8.42 Å². The highest BCUT2D eigenvalue weighted by atomic mass is 32.2. The lowest BCUT2D eigenvalue weighted by atomic mass is 9.68. The number of anilines is 1. The molecule has 3 heterocycles. The third kappa shape index (κ3) is 3.49. The minimum absolute atomic E-state index is 0.0204. The molecule has 0 bridgehead atoms. The van der Waals surface area contributed by atoms with Crippen LogP contribution in [0.5, 0.6) is 0 Å². The number of quaternary nitrogens is 1. The van der Waals surface area contributed by atoms with Gasteiger partial charge in [0.25, 0.3) is 5.91 Å². The molecule has 2 N–H and O–H groups in total. The zero-order valence-corrected chi connectivity index (χ0v) is 21.6. The van der Waals surface area contributed by atoms with Crippen LogP contribution in [0.3, 0.4) is 0 Å². The summed E-state index contributed by atoms with van der Waals surface area (Å²) in [4.78, 5) is 26.8. The average Bonchev–Trinajstić information content (AvgIpc) is 3.54. The standard InChI is InChI=1S/C27H27FN4O5S/c1-17(33)32(38(35,36)21-7-5-20(28)6-8-21)23-9-4-19(26(34)30-24-10-15-37-31-24)16-22(23)27(11-13-29-14-12-27)25(32)18-2-3-18/h4-10,15-16,18,25,29H,2-3,11-14H2,1H3/p+1. The molecule has 3 aromatic rings. The van der Waals surface area contributed by atoms with Gasteiger partial charge < -0.3 is 15.2 Å². The van der Waals surface area contributed by atoms with Gasteiger partial charge in [-0.25, -0.2) is 9.18 Å². The van der Waals surface area contributed by atoms with Crippen molar-refractivity contribution in [2.45, 2.75) is 49.0 Å².